The van der Waals surface area contributed by atoms with Crippen molar-refractivity contribution < 1.29 is 9.59 Å². The van der Waals surface area contributed by atoms with Gasteiger partial charge in [0.05, 0.1) is 12.1 Å². The zero-order chi connectivity index (χ0) is 19.7. The fourth-order valence-electron chi connectivity index (χ4n) is 4.64. The fraction of sp³-hybridized carbons (Fsp3) is 0.762. The maximum Gasteiger partial charge on any atom is 0.225 e. The monoisotopic (exact) mass is 387 g/mol. The minimum Gasteiger partial charge on any atom is -0.352 e. The number of amides is 2. The smallest absolute Gasteiger partial charge is 0.225 e. The summed E-state index contributed by atoms with van der Waals surface area (Å²) in [4.78, 5) is 29.5. The van der Waals surface area contributed by atoms with Crippen molar-refractivity contribution in [3.8, 4) is 0 Å². The summed E-state index contributed by atoms with van der Waals surface area (Å²) < 4.78 is 1.84. The van der Waals surface area contributed by atoms with E-state index in [-0.39, 0.29) is 11.8 Å². The average molecular weight is 388 g/mol. The third kappa shape index (κ3) is 4.24. The number of rotatable bonds is 5. The molecule has 1 aromatic heterocycles. The second kappa shape index (κ2) is 8.23. The summed E-state index contributed by atoms with van der Waals surface area (Å²) in [6, 6.07) is 0.513. The number of likely N-dealkylation sites (tertiary alicyclic amines) is 2. The van der Waals surface area contributed by atoms with E-state index in [1.807, 2.05) is 24.9 Å². The largest absolute Gasteiger partial charge is 0.352 e. The van der Waals surface area contributed by atoms with Crippen LogP contribution in [0.1, 0.15) is 49.8 Å². The molecule has 0 unspecified atom stereocenters. The lowest BCUT2D eigenvalue weighted by Crippen LogP contribution is -2.51. The van der Waals surface area contributed by atoms with E-state index in [1.165, 1.54) is 0 Å². The Balaban J connectivity index is 1.25. The number of hydrogen-bond acceptors (Lipinski definition) is 4. The molecule has 0 aromatic carbocycles. The first-order valence-corrected chi connectivity index (χ1v) is 10.8. The Morgan fingerprint density at radius 1 is 1.11 bits per heavy atom. The van der Waals surface area contributed by atoms with Crippen molar-refractivity contribution in [2.45, 2.75) is 58.0 Å². The Morgan fingerprint density at radius 3 is 2.50 bits per heavy atom. The SMILES string of the molecule is Cc1c(CNC(=O)[C@@H]2CCCN(C3CCN(C(=O)C4CC4)CC3)C2)cnn1C. The van der Waals surface area contributed by atoms with Crippen LogP contribution in [0.2, 0.25) is 0 Å². The van der Waals surface area contributed by atoms with Crippen LogP contribution in [0.3, 0.4) is 0 Å². The van der Waals surface area contributed by atoms with Crippen LogP contribution in [0.15, 0.2) is 6.20 Å². The minimum atomic E-state index is 0.0665. The number of piperidine rings is 2. The van der Waals surface area contributed by atoms with E-state index in [0.717, 1.165) is 76.0 Å². The van der Waals surface area contributed by atoms with Gasteiger partial charge in [-0.25, -0.2) is 0 Å². The molecule has 2 aliphatic heterocycles. The van der Waals surface area contributed by atoms with E-state index >= 15 is 0 Å². The van der Waals surface area contributed by atoms with Gasteiger partial charge in [0.2, 0.25) is 11.8 Å². The number of aryl methyl sites for hydroxylation is 1. The first-order chi connectivity index (χ1) is 13.5. The molecule has 1 atom stereocenters. The molecule has 2 saturated heterocycles. The summed E-state index contributed by atoms with van der Waals surface area (Å²) in [7, 11) is 1.92. The first kappa shape index (κ1) is 19.4. The Labute approximate surface area is 167 Å². The van der Waals surface area contributed by atoms with Gasteiger partial charge in [-0.1, -0.05) is 0 Å². The normalized spacial score (nSPS) is 24.4. The Bertz CT molecular complexity index is 718. The highest BCUT2D eigenvalue weighted by atomic mass is 16.2. The minimum absolute atomic E-state index is 0.0665. The van der Waals surface area contributed by atoms with Crippen LogP contribution in [0, 0.1) is 18.8 Å². The molecule has 3 aliphatic rings. The number of carbonyl (C=O) groups excluding carboxylic acids is 2. The Morgan fingerprint density at radius 2 is 1.86 bits per heavy atom. The molecule has 1 N–H and O–H groups in total. The number of hydrogen-bond donors (Lipinski definition) is 1. The molecule has 1 aromatic rings. The zero-order valence-electron chi connectivity index (χ0n) is 17.2. The lowest BCUT2D eigenvalue weighted by atomic mass is 9.93. The zero-order valence-corrected chi connectivity index (χ0v) is 17.2. The molecule has 154 valence electrons. The average Bonchev–Trinajstić information content (AvgIpc) is 3.53. The Hall–Kier alpha value is -1.89. The van der Waals surface area contributed by atoms with E-state index in [1.54, 1.807) is 0 Å². The summed E-state index contributed by atoms with van der Waals surface area (Å²) in [5.41, 5.74) is 2.18. The molecule has 2 amide bonds. The van der Waals surface area contributed by atoms with Crippen molar-refractivity contribution in [3.63, 3.8) is 0 Å². The van der Waals surface area contributed by atoms with Crippen LogP contribution in [-0.4, -0.2) is 63.6 Å². The summed E-state index contributed by atoms with van der Waals surface area (Å²) in [5, 5.41) is 7.36. The van der Waals surface area contributed by atoms with E-state index in [2.05, 4.69) is 20.2 Å². The molecule has 0 spiro atoms. The van der Waals surface area contributed by atoms with Gasteiger partial charge < -0.3 is 10.2 Å². The molecule has 0 radical (unpaired) electrons. The van der Waals surface area contributed by atoms with Gasteiger partial charge >= 0.3 is 0 Å². The maximum atomic E-state index is 12.7. The molecule has 4 rings (SSSR count). The molecule has 3 heterocycles. The molecule has 1 aliphatic carbocycles. The van der Waals surface area contributed by atoms with Gasteiger partial charge in [-0.2, -0.15) is 5.10 Å². The molecule has 28 heavy (non-hydrogen) atoms. The fourth-order valence-corrected chi connectivity index (χ4v) is 4.64. The van der Waals surface area contributed by atoms with Crippen molar-refractivity contribution in [2.75, 3.05) is 26.2 Å². The molecule has 7 nitrogen and oxygen atoms in total. The summed E-state index contributed by atoms with van der Waals surface area (Å²) >= 11 is 0. The Kier molecular flexibility index (Phi) is 5.71. The summed E-state index contributed by atoms with van der Waals surface area (Å²) in [6.07, 6.45) is 8.13. The van der Waals surface area contributed by atoms with Crippen molar-refractivity contribution in [2.24, 2.45) is 18.9 Å². The standard InChI is InChI=1S/C21H33N5O2/c1-15-18(13-23-24(15)2)12-22-20(27)17-4-3-9-26(14-17)19-7-10-25(11-8-19)21(28)16-5-6-16/h13,16-17,19H,3-12,14H2,1-2H3,(H,22,27)/t17-/m1/s1. The third-order valence-corrected chi connectivity index (χ3v) is 6.83. The van der Waals surface area contributed by atoms with Gasteiger partial charge in [0.15, 0.2) is 0 Å². The van der Waals surface area contributed by atoms with Crippen LogP contribution in [0.25, 0.3) is 0 Å². The second-order valence-electron chi connectivity index (χ2n) is 8.76. The van der Waals surface area contributed by atoms with Crippen LogP contribution in [-0.2, 0) is 23.2 Å². The van der Waals surface area contributed by atoms with Crippen LogP contribution >= 0.6 is 0 Å². The van der Waals surface area contributed by atoms with Crippen LogP contribution < -0.4 is 5.32 Å². The summed E-state index contributed by atoms with van der Waals surface area (Å²) in [5.74, 6) is 0.925. The molecule has 1 saturated carbocycles. The molecule has 0 bridgehead atoms. The van der Waals surface area contributed by atoms with Crippen molar-refractivity contribution in [3.05, 3.63) is 17.5 Å². The molecular weight excluding hydrogens is 354 g/mol. The van der Waals surface area contributed by atoms with Gasteiger partial charge in [-0.3, -0.25) is 19.2 Å². The van der Waals surface area contributed by atoms with E-state index < -0.39 is 0 Å². The third-order valence-electron chi connectivity index (χ3n) is 6.83. The van der Waals surface area contributed by atoms with Gasteiger partial charge in [-0.05, 0) is 52.0 Å². The van der Waals surface area contributed by atoms with E-state index in [9.17, 15) is 9.59 Å². The van der Waals surface area contributed by atoms with Gasteiger partial charge in [0, 0.05) is 56.4 Å². The van der Waals surface area contributed by atoms with Gasteiger partial charge in [-0.15, -0.1) is 0 Å². The molecular formula is C21H33N5O2. The predicted octanol–water partition coefficient (Wildman–Crippen LogP) is 1.46. The maximum absolute atomic E-state index is 12.7. The predicted molar refractivity (Wildman–Crippen MR) is 106 cm³/mol. The van der Waals surface area contributed by atoms with Gasteiger partial charge in [0.25, 0.3) is 0 Å². The first-order valence-electron chi connectivity index (χ1n) is 10.8. The van der Waals surface area contributed by atoms with E-state index in [0.29, 0.717) is 24.4 Å². The number of aromatic nitrogens is 2. The van der Waals surface area contributed by atoms with Crippen molar-refractivity contribution >= 4 is 11.8 Å². The highest BCUT2D eigenvalue weighted by Crippen LogP contribution is 2.32. The quantitative estimate of drug-likeness (QED) is 0.830. The van der Waals surface area contributed by atoms with Crippen LogP contribution in [0.5, 0.6) is 0 Å². The molecule has 7 heteroatoms. The number of carbonyl (C=O) groups is 2. The van der Waals surface area contributed by atoms with E-state index in [4.69, 9.17) is 0 Å². The number of nitrogens with zero attached hydrogens (tertiary/aromatic N) is 4. The highest BCUT2D eigenvalue weighted by Gasteiger charge is 2.37. The lowest BCUT2D eigenvalue weighted by molar-refractivity contribution is -0.134. The molecule has 3 fully saturated rings. The van der Waals surface area contributed by atoms with Gasteiger partial charge in [0.1, 0.15) is 0 Å². The van der Waals surface area contributed by atoms with Crippen molar-refractivity contribution in [1.82, 2.24) is 24.9 Å². The second-order valence-corrected chi connectivity index (χ2v) is 8.76. The van der Waals surface area contributed by atoms with Crippen LogP contribution in [0.4, 0.5) is 0 Å². The highest BCUT2D eigenvalue weighted by molar-refractivity contribution is 5.81. The lowest BCUT2D eigenvalue weighted by Gasteiger charge is -2.42. The summed E-state index contributed by atoms with van der Waals surface area (Å²) in [6.45, 7) is 6.26. The van der Waals surface area contributed by atoms with Crippen molar-refractivity contribution in [1.29, 1.82) is 0 Å². The topological polar surface area (TPSA) is 70.5 Å². The number of nitrogens with one attached hydrogen (secondary N) is 1.